The van der Waals surface area contributed by atoms with E-state index >= 15 is 0 Å². The first kappa shape index (κ1) is 15.0. The molecule has 1 rings (SSSR count). The van der Waals surface area contributed by atoms with Crippen LogP contribution in [0.4, 0.5) is 4.79 Å². The van der Waals surface area contributed by atoms with Crippen molar-refractivity contribution >= 4 is 12.0 Å². The quantitative estimate of drug-likeness (QED) is 0.692. The Morgan fingerprint density at radius 2 is 2.32 bits per heavy atom. The van der Waals surface area contributed by atoms with Crippen LogP contribution in [0, 0.1) is 0 Å². The van der Waals surface area contributed by atoms with Crippen LogP contribution in [0.5, 0.6) is 0 Å². The molecule has 1 unspecified atom stereocenters. The van der Waals surface area contributed by atoms with E-state index in [0.717, 1.165) is 12.0 Å². The SMILES string of the molecule is CCCC(CC(=O)O)NC(=O)N(C)Cc1cn[nH]c1. The van der Waals surface area contributed by atoms with Gasteiger partial charge in [0, 0.05) is 24.8 Å². The van der Waals surface area contributed by atoms with E-state index in [0.29, 0.717) is 13.0 Å². The fourth-order valence-corrected chi connectivity index (χ4v) is 1.78. The predicted octanol–water partition coefficient (Wildman–Crippen LogP) is 1.19. The lowest BCUT2D eigenvalue weighted by molar-refractivity contribution is -0.137. The monoisotopic (exact) mass is 268 g/mol. The first-order valence-corrected chi connectivity index (χ1v) is 6.24. The van der Waals surface area contributed by atoms with E-state index < -0.39 is 5.97 Å². The standard InChI is InChI=1S/C12H20N4O3/c1-3-4-10(5-11(17)18)15-12(19)16(2)8-9-6-13-14-7-9/h6-7,10H,3-5,8H2,1-2H3,(H,13,14)(H,15,19)(H,17,18). The van der Waals surface area contributed by atoms with Crippen LogP contribution in [0.15, 0.2) is 12.4 Å². The smallest absolute Gasteiger partial charge is 0.317 e. The van der Waals surface area contributed by atoms with Gasteiger partial charge >= 0.3 is 12.0 Å². The maximum atomic E-state index is 11.9. The average molecular weight is 268 g/mol. The molecule has 1 heterocycles. The minimum atomic E-state index is -0.906. The van der Waals surface area contributed by atoms with Gasteiger partial charge in [-0.15, -0.1) is 0 Å². The Morgan fingerprint density at radius 3 is 2.84 bits per heavy atom. The van der Waals surface area contributed by atoms with Gasteiger partial charge in [-0.1, -0.05) is 13.3 Å². The zero-order valence-corrected chi connectivity index (χ0v) is 11.2. The normalized spacial score (nSPS) is 11.9. The minimum absolute atomic E-state index is 0.0564. The van der Waals surface area contributed by atoms with Crippen molar-refractivity contribution in [2.45, 2.75) is 38.8 Å². The van der Waals surface area contributed by atoms with Gasteiger partial charge in [-0.05, 0) is 6.42 Å². The molecule has 0 radical (unpaired) electrons. The number of carbonyl (C=O) groups excluding carboxylic acids is 1. The molecule has 7 heteroatoms. The van der Waals surface area contributed by atoms with Crippen LogP contribution in [0.25, 0.3) is 0 Å². The highest BCUT2D eigenvalue weighted by Gasteiger charge is 2.17. The zero-order chi connectivity index (χ0) is 14.3. The molecular weight excluding hydrogens is 248 g/mol. The topological polar surface area (TPSA) is 98.3 Å². The number of amides is 2. The molecule has 0 aliphatic rings. The Kier molecular flexibility index (Phi) is 5.84. The molecule has 0 spiro atoms. The Morgan fingerprint density at radius 1 is 1.58 bits per heavy atom. The van der Waals surface area contributed by atoms with Gasteiger partial charge in [0.2, 0.25) is 0 Å². The van der Waals surface area contributed by atoms with Crippen LogP contribution in [0.3, 0.4) is 0 Å². The predicted molar refractivity (Wildman–Crippen MR) is 69.5 cm³/mol. The van der Waals surface area contributed by atoms with E-state index in [-0.39, 0.29) is 18.5 Å². The molecular formula is C12H20N4O3. The Labute approximate surface area is 112 Å². The van der Waals surface area contributed by atoms with Crippen molar-refractivity contribution in [1.82, 2.24) is 20.4 Å². The number of carboxylic acids is 1. The van der Waals surface area contributed by atoms with Gasteiger partial charge in [0.25, 0.3) is 0 Å². The number of urea groups is 1. The minimum Gasteiger partial charge on any atom is -0.481 e. The number of aliphatic carboxylic acids is 1. The number of carboxylic acid groups (broad SMARTS) is 1. The van der Waals surface area contributed by atoms with E-state index in [9.17, 15) is 9.59 Å². The average Bonchev–Trinajstić information content (AvgIpc) is 2.81. The molecule has 0 aliphatic carbocycles. The molecule has 0 aliphatic heterocycles. The maximum absolute atomic E-state index is 11.9. The molecule has 1 atom stereocenters. The first-order valence-electron chi connectivity index (χ1n) is 6.24. The van der Waals surface area contributed by atoms with Crippen LogP contribution in [-0.4, -0.2) is 45.3 Å². The van der Waals surface area contributed by atoms with Crippen LogP contribution < -0.4 is 5.32 Å². The number of aromatic nitrogens is 2. The van der Waals surface area contributed by atoms with E-state index in [1.807, 2.05) is 6.92 Å². The van der Waals surface area contributed by atoms with E-state index in [2.05, 4.69) is 15.5 Å². The molecule has 0 saturated heterocycles. The number of aromatic amines is 1. The summed E-state index contributed by atoms with van der Waals surface area (Å²) in [4.78, 5) is 24.1. The van der Waals surface area contributed by atoms with Crippen LogP contribution >= 0.6 is 0 Å². The number of H-pyrrole nitrogens is 1. The van der Waals surface area contributed by atoms with E-state index in [1.54, 1.807) is 19.4 Å². The lowest BCUT2D eigenvalue weighted by Crippen LogP contribution is -2.43. The zero-order valence-electron chi connectivity index (χ0n) is 11.2. The lowest BCUT2D eigenvalue weighted by atomic mass is 10.1. The highest BCUT2D eigenvalue weighted by molar-refractivity contribution is 5.75. The number of carbonyl (C=O) groups is 2. The van der Waals surface area contributed by atoms with Crippen molar-refractivity contribution < 1.29 is 14.7 Å². The van der Waals surface area contributed by atoms with Gasteiger partial charge in [0.05, 0.1) is 19.2 Å². The van der Waals surface area contributed by atoms with Gasteiger partial charge in [-0.25, -0.2) is 4.79 Å². The molecule has 19 heavy (non-hydrogen) atoms. The van der Waals surface area contributed by atoms with Crippen molar-refractivity contribution in [2.24, 2.45) is 0 Å². The summed E-state index contributed by atoms with van der Waals surface area (Å²) in [6.07, 6.45) is 4.77. The molecule has 0 fully saturated rings. The number of rotatable bonds is 7. The highest BCUT2D eigenvalue weighted by atomic mass is 16.4. The third-order valence-electron chi connectivity index (χ3n) is 2.71. The van der Waals surface area contributed by atoms with Gasteiger partial charge < -0.3 is 15.3 Å². The first-order chi connectivity index (χ1) is 9.02. The number of hydrogen-bond acceptors (Lipinski definition) is 3. The Bertz CT molecular complexity index is 405. The van der Waals surface area contributed by atoms with Crippen molar-refractivity contribution in [3.05, 3.63) is 18.0 Å². The number of nitrogens with one attached hydrogen (secondary N) is 2. The third kappa shape index (κ3) is 5.41. The second kappa shape index (κ2) is 7.40. The molecule has 0 bridgehead atoms. The van der Waals surface area contributed by atoms with Crippen molar-refractivity contribution in [2.75, 3.05) is 7.05 Å². The van der Waals surface area contributed by atoms with Gasteiger partial charge in [-0.3, -0.25) is 9.89 Å². The molecule has 1 aromatic rings. The van der Waals surface area contributed by atoms with Gasteiger partial charge in [-0.2, -0.15) is 5.10 Å². The summed E-state index contributed by atoms with van der Waals surface area (Å²) in [5, 5.41) is 18.0. The largest absolute Gasteiger partial charge is 0.481 e. The Balaban J connectivity index is 2.48. The van der Waals surface area contributed by atoms with Crippen molar-refractivity contribution in [3.8, 4) is 0 Å². The highest BCUT2D eigenvalue weighted by Crippen LogP contribution is 2.05. The molecule has 106 valence electrons. The van der Waals surface area contributed by atoms with Gasteiger partial charge in [0.15, 0.2) is 0 Å². The lowest BCUT2D eigenvalue weighted by Gasteiger charge is -2.22. The summed E-state index contributed by atoms with van der Waals surface area (Å²) in [6, 6.07) is -0.609. The number of hydrogen-bond donors (Lipinski definition) is 3. The summed E-state index contributed by atoms with van der Waals surface area (Å²) >= 11 is 0. The Hall–Kier alpha value is -2.05. The van der Waals surface area contributed by atoms with Gasteiger partial charge in [0.1, 0.15) is 0 Å². The molecule has 0 saturated carbocycles. The molecule has 0 aromatic carbocycles. The summed E-state index contributed by atoms with van der Waals surface area (Å²) in [5.41, 5.74) is 0.892. The molecule has 2 amide bonds. The van der Waals surface area contributed by atoms with Crippen molar-refractivity contribution in [3.63, 3.8) is 0 Å². The number of nitrogens with zero attached hydrogens (tertiary/aromatic N) is 2. The van der Waals surface area contributed by atoms with E-state index in [4.69, 9.17) is 5.11 Å². The van der Waals surface area contributed by atoms with Crippen LogP contribution in [0.2, 0.25) is 0 Å². The summed E-state index contributed by atoms with van der Waals surface area (Å²) in [6.45, 7) is 2.38. The maximum Gasteiger partial charge on any atom is 0.317 e. The second-order valence-corrected chi connectivity index (χ2v) is 4.50. The fourth-order valence-electron chi connectivity index (χ4n) is 1.78. The third-order valence-corrected chi connectivity index (χ3v) is 2.71. The molecule has 7 nitrogen and oxygen atoms in total. The van der Waals surface area contributed by atoms with Crippen molar-refractivity contribution in [1.29, 1.82) is 0 Å². The van der Waals surface area contributed by atoms with Crippen LogP contribution in [-0.2, 0) is 11.3 Å². The second-order valence-electron chi connectivity index (χ2n) is 4.50. The summed E-state index contributed by atoms with van der Waals surface area (Å²) in [5.74, 6) is -0.906. The molecule has 1 aromatic heterocycles. The summed E-state index contributed by atoms with van der Waals surface area (Å²) in [7, 11) is 1.66. The van der Waals surface area contributed by atoms with E-state index in [1.165, 1.54) is 4.90 Å². The summed E-state index contributed by atoms with van der Waals surface area (Å²) < 4.78 is 0. The molecule has 3 N–H and O–H groups in total. The van der Waals surface area contributed by atoms with Crippen LogP contribution in [0.1, 0.15) is 31.7 Å². The fraction of sp³-hybridized carbons (Fsp3) is 0.583.